The number of rotatable bonds is 6. The molecule has 1 aliphatic rings. The Hall–Kier alpha value is -0.900. The molecule has 112 valence electrons. The van der Waals surface area contributed by atoms with E-state index in [1.54, 1.807) is 0 Å². The monoisotopic (exact) mass is 276 g/mol. The van der Waals surface area contributed by atoms with E-state index in [2.05, 4.69) is 48.2 Å². The summed E-state index contributed by atoms with van der Waals surface area (Å²) < 4.78 is 0. The lowest BCUT2D eigenvalue weighted by molar-refractivity contribution is 0.0684. The maximum Gasteiger partial charge on any atom is 0.0670 e. The number of piperidine rings is 1. The molecule has 1 heterocycles. The number of nitrogens with zero attached hydrogens (tertiary/aromatic N) is 2. The minimum Gasteiger partial charge on any atom is -0.392 e. The van der Waals surface area contributed by atoms with Crippen molar-refractivity contribution < 1.29 is 5.11 Å². The molecular weight excluding hydrogens is 248 g/mol. The van der Waals surface area contributed by atoms with Crippen molar-refractivity contribution in [2.45, 2.75) is 37.8 Å². The molecule has 0 aromatic heterocycles. The van der Waals surface area contributed by atoms with Gasteiger partial charge in [-0.25, -0.2) is 0 Å². The lowest BCUT2D eigenvalue weighted by Gasteiger charge is -2.37. The first-order valence-corrected chi connectivity index (χ1v) is 7.76. The summed E-state index contributed by atoms with van der Waals surface area (Å²) >= 11 is 0. The molecule has 0 radical (unpaired) electrons. The molecule has 0 bridgehead atoms. The van der Waals surface area contributed by atoms with Gasteiger partial charge in [-0.1, -0.05) is 30.3 Å². The van der Waals surface area contributed by atoms with Crippen molar-refractivity contribution in [1.82, 2.24) is 9.80 Å². The zero-order chi connectivity index (χ0) is 14.4. The van der Waals surface area contributed by atoms with Gasteiger partial charge >= 0.3 is 0 Å². The number of β-amino-alcohol motifs (C(OH)–C–C–N with tert-alkyl or cyclic N) is 1. The maximum atomic E-state index is 10.2. The number of aryl methyl sites for hydroxylation is 1. The molecule has 1 fully saturated rings. The van der Waals surface area contributed by atoms with Gasteiger partial charge in [-0.3, -0.25) is 4.90 Å². The molecule has 3 nitrogen and oxygen atoms in total. The number of likely N-dealkylation sites (tertiary alicyclic amines) is 1. The molecule has 1 N–H and O–H groups in total. The number of aliphatic hydroxyl groups is 1. The molecule has 2 atom stereocenters. The van der Waals surface area contributed by atoms with E-state index in [0.29, 0.717) is 6.04 Å². The second-order valence-corrected chi connectivity index (χ2v) is 6.20. The fourth-order valence-electron chi connectivity index (χ4n) is 2.99. The SMILES string of the molecule is CN(C)C1CCCN(CC(O)CCc2ccccc2)C1. The molecule has 0 spiro atoms. The number of likely N-dealkylation sites (N-methyl/N-ethyl adjacent to an activating group) is 1. The van der Waals surface area contributed by atoms with Crippen molar-refractivity contribution in [3.8, 4) is 0 Å². The summed E-state index contributed by atoms with van der Waals surface area (Å²) in [4.78, 5) is 4.73. The predicted molar refractivity (Wildman–Crippen MR) is 83.9 cm³/mol. The third-order valence-corrected chi connectivity index (χ3v) is 4.29. The van der Waals surface area contributed by atoms with Gasteiger partial charge in [0.15, 0.2) is 0 Å². The number of hydrogen-bond donors (Lipinski definition) is 1. The Bertz CT molecular complexity index is 380. The third kappa shape index (κ3) is 4.89. The normalized spacial score (nSPS) is 22.1. The second kappa shape index (κ2) is 7.77. The fourth-order valence-corrected chi connectivity index (χ4v) is 2.99. The highest BCUT2D eigenvalue weighted by atomic mass is 16.3. The van der Waals surface area contributed by atoms with Crippen LogP contribution < -0.4 is 0 Å². The van der Waals surface area contributed by atoms with Gasteiger partial charge in [-0.15, -0.1) is 0 Å². The Morgan fingerprint density at radius 2 is 2.05 bits per heavy atom. The topological polar surface area (TPSA) is 26.7 Å². The van der Waals surface area contributed by atoms with Gasteiger partial charge in [0.2, 0.25) is 0 Å². The van der Waals surface area contributed by atoms with E-state index in [9.17, 15) is 5.11 Å². The van der Waals surface area contributed by atoms with Gasteiger partial charge in [-0.2, -0.15) is 0 Å². The van der Waals surface area contributed by atoms with Crippen LogP contribution in [0.1, 0.15) is 24.8 Å². The largest absolute Gasteiger partial charge is 0.392 e. The zero-order valence-corrected chi connectivity index (χ0v) is 12.8. The highest BCUT2D eigenvalue weighted by molar-refractivity contribution is 5.14. The number of hydrogen-bond acceptors (Lipinski definition) is 3. The Morgan fingerprint density at radius 3 is 2.75 bits per heavy atom. The molecule has 2 rings (SSSR count). The van der Waals surface area contributed by atoms with Gasteiger partial charge in [0.25, 0.3) is 0 Å². The van der Waals surface area contributed by atoms with Crippen LogP contribution in [-0.2, 0) is 6.42 Å². The molecule has 1 saturated heterocycles. The molecule has 0 amide bonds. The van der Waals surface area contributed by atoms with Crippen LogP contribution in [0.2, 0.25) is 0 Å². The summed E-state index contributed by atoms with van der Waals surface area (Å²) in [6.07, 6.45) is 4.13. The standard InChI is InChI=1S/C17H28N2O/c1-18(2)16-9-6-12-19(13-16)14-17(20)11-10-15-7-4-3-5-8-15/h3-5,7-8,16-17,20H,6,9-14H2,1-2H3. The molecule has 3 heteroatoms. The first kappa shape index (κ1) is 15.5. The molecule has 1 aliphatic heterocycles. The van der Waals surface area contributed by atoms with Crippen molar-refractivity contribution in [3.63, 3.8) is 0 Å². The summed E-state index contributed by atoms with van der Waals surface area (Å²) in [5, 5.41) is 10.2. The van der Waals surface area contributed by atoms with Gasteiger partial charge in [0, 0.05) is 19.1 Å². The fraction of sp³-hybridized carbons (Fsp3) is 0.647. The average molecular weight is 276 g/mol. The van der Waals surface area contributed by atoms with E-state index in [1.165, 1.54) is 18.4 Å². The van der Waals surface area contributed by atoms with Gasteiger partial charge in [0.05, 0.1) is 6.10 Å². The van der Waals surface area contributed by atoms with Gasteiger partial charge in [-0.05, 0) is 51.9 Å². The van der Waals surface area contributed by atoms with Crippen LogP contribution in [0, 0.1) is 0 Å². The summed E-state index contributed by atoms with van der Waals surface area (Å²) in [6, 6.07) is 11.1. The highest BCUT2D eigenvalue weighted by Gasteiger charge is 2.22. The summed E-state index contributed by atoms with van der Waals surface area (Å²) in [6.45, 7) is 3.04. The quantitative estimate of drug-likeness (QED) is 0.861. The van der Waals surface area contributed by atoms with Gasteiger partial charge in [0.1, 0.15) is 0 Å². The minimum atomic E-state index is -0.212. The van der Waals surface area contributed by atoms with Crippen LogP contribution in [-0.4, -0.2) is 60.8 Å². The van der Waals surface area contributed by atoms with Crippen LogP contribution in [0.15, 0.2) is 30.3 Å². The van der Waals surface area contributed by atoms with E-state index in [0.717, 1.165) is 32.5 Å². The van der Waals surface area contributed by atoms with Crippen molar-refractivity contribution in [2.75, 3.05) is 33.7 Å². The Labute approximate surface area is 123 Å². The molecule has 1 aromatic carbocycles. The van der Waals surface area contributed by atoms with Crippen LogP contribution in [0.4, 0.5) is 0 Å². The number of benzene rings is 1. The van der Waals surface area contributed by atoms with Crippen LogP contribution in [0.3, 0.4) is 0 Å². The Kier molecular flexibility index (Phi) is 6.02. The number of aliphatic hydroxyl groups excluding tert-OH is 1. The van der Waals surface area contributed by atoms with Crippen molar-refractivity contribution in [2.24, 2.45) is 0 Å². The average Bonchev–Trinajstić information content (AvgIpc) is 2.46. The Morgan fingerprint density at radius 1 is 1.30 bits per heavy atom. The maximum absolute atomic E-state index is 10.2. The molecule has 0 saturated carbocycles. The molecule has 2 unspecified atom stereocenters. The Balaban J connectivity index is 1.72. The predicted octanol–water partition coefficient (Wildman–Crippen LogP) is 2.01. The van der Waals surface area contributed by atoms with E-state index >= 15 is 0 Å². The van der Waals surface area contributed by atoms with E-state index in [4.69, 9.17) is 0 Å². The van der Waals surface area contributed by atoms with Crippen molar-refractivity contribution in [3.05, 3.63) is 35.9 Å². The first-order chi connectivity index (χ1) is 9.65. The van der Waals surface area contributed by atoms with Crippen LogP contribution in [0.5, 0.6) is 0 Å². The van der Waals surface area contributed by atoms with Crippen LogP contribution >= 0.6 is 0 Å². The van der Waals surface area contributed by atoms with Gasteiger partial charge < -0.3 is 10.0 Å². The van der Waals surface area contributed by atoms with E-state index < -0.39 is 0 Å². The minimum absolute atomic E-state index is 0.212. The van der Waals surface area contributed by atoms with Crippen LogP contribution in [0.25, 0.3) is 0 Å². The molecule has 1 aromatic rings. The van der Waals surface area contributed by atoms with Crippen molar-refractivity contribution >= 4 is 0 Å². The van der Waals surface area contributed by atoms with E-state index in [1.807, 2.05) is 6.07 Å². The lowest BCUT2D eigenvalue weighted by Crippen LogP contribution is -2.47. The summed E-state index contributed by atoms with van der Waals surface area (Å²) in [5.41, 5.74) is 1.32. The highest BCUT2D eigenvalue weighted by Crippen LogP contribution is 2.15. The summed E-state index contributed by atoms with van der Waals surface area (Å²) in [5.74, 6) is 0. The molecule has 0 aliphatic carbocycles. The smallest absolute Gasteiger partial charge is 0.0670 e. The third-order valence-electron chi connectivity index (χ3n) is 4.29. The lowest BCUT2D eigenvalue weighted by atomic mass is 10.0. The zero-order valence-electron chi connectivity index (χ0n) is 12.8. The summed E-state index contributed by atoms with van der Waals surface area (Å²) in [7, 11) is 4.31. The first-order valence-electron chi connectivity index (χ1n) is 7.76. The second-order valence-electron chi connectivity index (χ2n) is 6.20. The molecular formula is C17H28N2O. The van der Waals surface area contributed by atoms with E-state index in [-0.39, 0.29) is 6.10 Å². The van der Waals surface area contributed by atoms with Crippen molar-refractivity contribution in [1.29, 1.82) is 0 Å². The molecule has 20 heavy (non-hydrogen) atoms.